The van der Waals surface area contributed by atoms with Gasteiger partial charge in [-0.2, -0.15) is 0 Å². The summed E-state index contributed by atoms with van der Waals surface area (Å²) in [5, 5.41) is 0. The lowest BCUT2D eigenvalue weighted by atomic mass is 9.80. The van der Waals surface area contributed by atoms with Crippen molar-refractivity contribution in [2.45, 2.75) is 41.5 Å². The van der Waals surface area contributed by atoms with Gasteiger partial charge >= 0.3 is 0 Å². The highest BCUT2D eigenvalue weighted by Gasteiger charge is 2.17. The molecule has 0 aromatic rings. The van der Waals surface area contributed by atoms with Gasteiger partial charge in [-0.25, -0.2) is 0 Å². The molecule has 0 unspecified atom stereocenters. The summed E-state index contributed by atoms with van der Waals surface area (Å²) >= 11 is 0. The molecule has 0 aliphatic carbocycles. The summed E-state index contributed by atoms with van der Waals surface area (Å²) in [6.07, 6.45) is 0. The van der Waals surface area contributed by atoms with Crippen LogP contribution in [-0.4, -0.2) is 0 Å². The van der Waals surface area contributed by atoms with Crippen LogP contribution in [0, 0.1) is 23.7 Å². The fourth-order valence-corrected chi connectivity index (χ4v) is 1.21. The van der Waals surface area contributed by atoms with E-state index in [9.17, 15) is 0 Å². The predicted octanol–water partition coefficient (Wildman–Crippen LogP) is 3.57. The van der Waals surface area contributed by atoms with Gasteiger partial charge in [0.05, 0.1) is 0 Å². The molecule has 0 amide bonds. The lowest BCUT2D eigenvalue weighted by molar-refractivity contribution is 0.235. The van der Waals surface area contributed by atoms with Gasteiger partial charge in [-0.05, 0) is 23.7 Å². The molecule has 0 fully saturated rings. The molecule has 2 atom stereocenters. The van der Waals surface area contributed by atoms with Gasteiger partial charge in [0.15, 0.2) is 0 Å². The highest BCUT2D eigenvalue weighted by Crippen LogP contribution is 2.25. The van der Waals surface area contributed by atoms with E-state index in [4.69, 9.17) is 0 Å². The van der Waals surface area contributed by atoms with E-state index in [-0.39, 0.29) is 0 Å². The summed E-state index contributed by atoms with van der Waals surface area (Å²) in [6.45, 7) is 13.9. The molecule has 10 heavy (non-hydrogen) atoms. The second kappa shape index (κ2) is 4.00. The molecule has 0 spiro atoms. The first-order valence-corrected chi connectivity index (χ1v) is 4.46. The van der Waals surface area contributed by atoms with Crippen LogP contribution in [0.5, 0.6) is 0 Å². The van der Waals surface area contributed by atoms with Crippen LogP contribution >= 0.6 is 0 Å². The molecule has 0 bridgehead atoms. The molecule has 0 saturated carbocycles. The standard InChI is InChI=1S/C10H22/c1-7(2)9(5)10(6)8(3)4/h7-10H,1-6H3/t9-,10-/m0/s1. The monoisotopic (exact) mass is 142 g/mol. The second-order valence-electron chi connectivity index (χ2n) is 4.21. The summed E-state index contributed by atoms with van der Waals surface area (Å²) in [6, 6.07) is 0. The Morgan fingerprint density at radius 1 is 0.500 bits per heavy atom. The average Bonchev–Trinajstić information content (AvgIpc) is 1.84. The summed E-state index contributed by atoms with van der Waals surface area (Å²) in [5.74, 6) is 3.38. The van der Waals surface area contributed by atoms with Gasteiger partial charge in [-0.1, -0.05) is 41.5 Å². The van der Waals surface area contributed by atoms with E-state index in [1.54, 1.807) is 0 Å². The van der Waals surface area contributed by atoms with Crippen molar-refractivity contribution in [3.05, 3.63) is 0 Å². The smallest absolute Gasteiger partial charge is 0.0391 e. The van der Waals surface area contributed by atoms with E-state index >= 15 is 0 Å². The Balaban J connectivity index is 3.81. The maximum Gasteiger partial charge on any atom is -0.0391 e. The molecule has 0 saturated heterocycles. The minimum Gasteiger partial charge on any atom is -0.0625 e. The molecule has 0 nitrogen and oxygen atoms in total. The maximum absolute atomic E-state index is 2.36. The zero-order chi connectivity index (χ0) is 8.31. The first-order chi connectivity index (χ1) is 4.46. The SMILES string of the molecule is CC(C)[C@H](C)[C@@H](C)C(C)C. The molecule has 0 rings (SSSR count). The van der Waals surface area contributed by atoms with Crippen molar-refractivity contribution in [1.29, 1.82) is 0 Å². The molecule has 0 aromatic carbocycles. The minimum absolute atomic E-state index is 0.831. The van der Waals surface area contributed by atoms with Crippen LogP contribution in [0.4, 0.5) is 0 Å². The van der Waals surface area contributed by atoms with Gasteiger partial charge in [-0.3, -0.25) is 0 Å². The van der Waals surface area contributed by atoms with Crippen LogP contribution < -0.4 is 0 Å². The zero-order valence-electron chi connectivity index (χ0n) is 8.31. The van der Waals surface area contributed by atoms with Gasteiger partial charge < -0.3 is 0 Å². The van der Waals surface area contributed by atoms with E-state index < -0.39 is 0 Å². The second-order valence-corrected chi connectivity index (χ2v) is 4.21. The Labute approximate surface area is 66.0 Å². The normalized spacial score (nSPS) is 18.0. The van der Waals surface area contributed by atoms with Gasteiger partial charge in [0.25, 0.3) is 0 Å². The molecule has 0 aliphatic heterocycles. The maximum atomic E-state index is 2.36. The van der Waals surface area contributed by atoms with Crippen molar-refractivity contribution < 1.29 is 0 Å². The van der Waals surface area contributed by atoms with Crippen molar-refractivity contribution in [2.24, 2.45) is 23.7 Å². The Bertz CT molecular complexity index is 70.0. The average molecular weight is 142 g/mol. The Kier molecular flexibility index (Phi) is 4.00. The third kappa shape index (κ3) is 2.72. The quantitative estimate of drug-likeness (QED) is 0.565. The van der Waals surface area contributed by atoms with Crippen LogP contribution in [0.2, 0.25) is 0 Å². The summed E-state index contributed by atoms with van der Waals surface area (Å²) < 4.78 is 0. The molecule has 0 aromatic heterocycles. The fourth-order valence-electron chi connectivity index (χ4n) is 1.21. The van der Waals surface area contributed by atoms with Crippen molar-refractivity contribution in [3.63, 3.8) is 0 Å². The van der Waals surface area contributed by atoms with E-state index in [1.165, 1.54) is 0 Å². The molecule has 0 heterocycles. The van der Waals surface area contributed by atoms with E-state index in [0.29, 0.717) is 0 Å². The lowest BCUT2D eigenvalue weighted by Gasteiger charge is -2.26. The number of rotatable bonds is 3. The van der Waals surface area contributed by atoms with Crippen molar-refractivity contribution in [1.82, 2.24) is 0 Å². The number of hydrogen-bond acceptors (Lipinski definition) is 0. The first-order valence-electron chi connectivity index (χ1n) is 4.46. The largest absolute Gasteiger partial charge is 0.0625 e. The summed E-state index contributed by atoms with van der Waals surface area (Å²) in [4.78, 5) is 0. The topological polar surface area (TPSA) is 0 Å². The highest BCUT2D eigenvalue weighted by atomic mass is 14.2. The zero-order valence-corrected chi connectivity index (χ0v) is 8.31. The Hall–Kier alpha value is 0. The molecular weight excluding hydrogens is 120 g/mol. The van der Waals surface area contributed by atoms with Gasteiger partial charge in [0.1, 0.15) is 0 Å². The molecular formula is C10H22. The van der Waals surface area contributed by atoms with E-state index in [0.717, 1.165) is 23.7 Å². The predicted molar refractivity (Wildman–Crippen MR) is 48.0 cm³/mol. The Morgan fingerprint density at radius 2 is 0.700 bits per heavy atom. The van der Waals surface area contributed by atoms with Crippen molar-refractivity contribution >= 4 is 0 Å². The minimum atomic E-state index is 0.831. The fraction of sp³-hybridized carbons (Fsp3) is 1.00. The number of hydrogen-bond donors (Lipinski definition) is 0. The van der Waals surface area contributed by atoms with Crippen LogP contribution in [-0.2, 0) is 0 Å². The highest BCUT2D eigenvalue weighted by molar-refractivity contribution is 4.67. The van der Waals surface area contributed by atoms with Gasteiger partial charge in [0.2, 0.25) is 0 Å². The van der Waals surface area contributed by atoms with E-state index in [2.05, 4.69) is 41.5 Å². The molecule has 62 valence electrons. The van der Waals surface area contributed by atoms with Gasteiger partial charge in [-0.15, -0.1) is 0 Å². The molecule has 0 aliphatic rings. The third-order valence-electron chi connectivity index (χ3n) is 2.93. The van der Waals surface area contributed by atoms with Crippen LogP contribution in [0.1, 0.15) is 41.5 Å². The first kappa shape index (κ1) is 10.0. The molecule has 0 radical (unpaired) electrons. The van der Waals surface area contributed by atoms with Crippen LogP contribution in [0.25, 0.3) is 0 Å². The summed E-state index contributed by atoms with van der Waals surface area (Å²) in [5.41, 5.74) is 0. The molecule has 0 N–H and O–H groups in total. The van der Waals surface area contributed by atoms with Gasteiger partial charge in [0, 0.05) is 0 Å². The van der Waals surface area contributed by atoms with Crippen molar-refractivity contribution in [2.75, 3.05) is 0 Å². The third-order valence-corrected chi connectivity index (χ3v) is 2.93. The Morgan fingerprint density at radius 3 is 0.800 bits per heavy atom. The summed E-state index contributed by atoms with van der Waals surface area (Å²) in [7, 11) is 0. The molecule has 0 heteroatoms. The van der Waals surface area contributed by atoms with Crippen LogP contribution in [0.3, 0.4) is 0 Å². The lowest BCUT2D eigenvalue weighted by Crippen LogP contribution is -2.18. The van der Waals surface area contributed by atoms with E-state index in [1.807, 2.05) is 0 Å². The van der Waals surface area contributed by atoms with Crippen LogP contribution in [0.15, 0.2) is 0 Å². The van der Waals surface area contributed by atoms with Crippen molar-refractivity contribution in [3.8, 4) is 0 Å².